The van der Waals surface area contributed by atoms with Gasteiger partial charge in [0, 0.05) is 29.2 Å². The van der Waals surface area contributed by atoms with E-state index in [9.17, 15) is 8.42 Å². The average Bonchev–Trinajstić information content (AvgIpc) is 2.92. The Labute approximate surface area is 127 Å². The molecule has 0 radical (unpaired) electrons. The van der Waals surface area contributed by atoms with Gasteiger partial charge in [0.1, 0.15) is 0 Å². The fourth-order valence-corrected chi connectivity index (χ4v) is 3.58. The Balaban J connectivity index is 2.14. The molecule has 2 aromatic rings. The number of aromatic nitrogens is 1. The molecule has 0 aliphatic rings. The van der Waals surface area contributed by atoms with Crippen molar-refractivity contribution in [1.82, 2.24) is 15.0 Å². The van der Waals surface area contributed by atoms with Crippen molar-refractivity contribution in [2.24, 2.45) is 0 Å². The Kier molecular flexibility index (Phi) is 5.11. The van der Waals surface area contributed by atoms with Crippen LogP contribution in [-0.2, 0) is 23.1 Å². The van der Waals surface area contributed by atoms with Gasteiger partial charge in [0.05, 0.1) is 10.4 Å². The molecule has 2 N–H and O–H groups in total. The number of hydrogen-bond acceptors (Lipinski definition) is 5. The molecule has 0 atom stereocenters. The van der Waals surface area contributed by atoms with E-state index in [1.54, 1.807) is 30.9 Å². The van der Waals surface area contributed by atoms with Crippen LogP contribution in [0.15, 0.2) is 34.8 Å². The number of nitrogens with zero attached hydrogens (tertiary/aromatic N) is 1. The fraction of sp³-hybridized carbons (Fsp3) is 0.250. The van der Waals surface area contributed by atoms with Crippen LogP contribution in [-0.4, -0.2) is 20.4 Å². The van der Waals surface area contributed by atoms with Gasteiger partial charge < -0.3 is 5.32 Å². The molecule has 0 unspecified atom stereocenters. The Morgan fingerprint density at radius 1 is 1.35 bits per heavy atom. The van der Waals surface area contributed by atoms with E-state index in [2.05, 4.69) is 15.0 Å². The zero-order chi connectivity index (χ0) is 14.6. The van der Waals surface area contributed by atoms with E-state index < -0.39 is 10.0 Å². The van der Waals surface area contributed by atoms with Crippen molar-refractivity contribution in [2.75, 3.05) is 7.05 Å². The zero-order valence-corrected chi connectivity index (χ0v) is 13.1. The molecule has 0 aliphatic carbocycles. The topological polar surface area (TPSA) is 71.1 Å². The minimum atomic E-state index is -3.57. The Hall–Kier alpha value is -0.990. The highest BCUT2D eigenvalue weighted by Crippen LogP contribution is 2.21. The van der Waals surface area contributed by atoms with Crippen LogP contribution >= 0.6 is 22.9 Å². The first-order valence-electron chi connectivity index (χ1n) is 5.83. The zero-order valence-electron chi connectivity index (χ0n) is 10.8. The van der Waals surface area contributed by atoms with Crippen LogP contribution in [0.2, 0.25) is 5.02 Å². The summed E-state index contributed by atoms with van der Waals surface area (Å²) in [6.45, 7) is 0.816. The van der Waals surface area contributed by atoms with Crippen molar-refractivity contribution < 1.29 is 8.42 Å². The largest absolute Gasteiger partial charge is 0.316 e. The van der Waals surface area contributed by atoms with E-state index in [4.69, 9.17) is 11.6 Å². The van der Waals surface area contributed by atoms with Gasteiger partial charge in [-0.3, -0.25) is 4.98 Å². The molecular formula is C12H14ClN3O2S2. The minimum absolute atomic E-state index is 0.159. The van der Waals surface area contributed by atoms with Crippen LogP contribution in [0.4, 0.5) is 0 Å². The molecule has 0 aliphatic heterocycles. The number of nitrogens with one attached hydrogen (secondary N) is 2. The van der Waals surface area contributed by atoms with E-state index >= 15 is 0 Å². The van der Waals surface area contributed by atoms with Gasteiger partial charge in [-0.15, -0.1) is 11.3 Å². The lowest BCUT2D eigenvalue weighted by Crippen LogP contribution is -2.23. The standard InChI is InChI=1S/C12H14ClN3O2S2/c1-14-5-9-2-3-11(4-12(9)13)20(17,18)16-7-10-6-15-8-19-10/h2-4,6,8,14,16H,5,7H2,1H3. The van der Waals surface area contributed by atoms with Gasteiger partial charge in [-0.2, -0.15) is 0 Å². The third-order valence-electron chi connectivity index (χ3n) is 2.62. The Morgan fingerprint density at radius 3 is 2.75 bits per heavy atom. The second-order valence-corrected chi connectivity index (χ2v) is 7.22. The summed E-state index contributed by atoms with van der Waals surface area (Å²) in [6.07, 6.45) is 1.64. The number of hydrogen-bond donors (Lipinski definition) is 2. The first-order valence-corrected chi connectivity index (χ1v) is 8.57. The maximum Gasteiger partial charge on any atom is 0.240 e. The third-order valence-corrected chi connectivity index (χ3v) is 5.15. The second kappa shape index (κ2) is 6.64. The van der Waals surface area contributed by atoms with Crippen molar-refractivity contribution in [2.45, 2.75) is 18.0 Å². The van der Waals surface area contributed by atoms with Crippen molar-refractivity contribution in [3.8, 4) is 0 Å². The van der Waals surface area contributed by atoms with E-state index in [0.29, 0.717) is 11.6 Å². The molecule has 0 bridgehead atoms. The number of benzene rings is 1. The highest BCUT2D eigenvalue weighted by atomic mass is 35.5. The SMILES string of the molecule is CNCc1ccc(S(=O)(=O)NCc2cncs2)cc1Cl. The normalized spacial score (nSPS) is 11.7. The first kappa shape index (κ1) is 15.4. The van der Waals surface area contributed by atoms with Gasteiger partial charge in [0.25, 0.3) is 0 Å². The molecule has 0 amide bonds. The van der Waals surface area contributed by atoms with Crippen molar-refractivity contribution in [1.29, 1.82) is 0 Å². The summed E-state index contributed by atoms with van der Waals surface area (Å²) in [5.41, 5.74) is 2.52. The number of rotatable bonds is 6. The van der Waals surface area contributed by atoms with Gasteiger partial charge in [-0.25, -0.2) is 13.1 Å². The van der Waals surface area contributed by atoms with Crippen molar-refractivity contribution in [3.05, 3.63) is 45.4 Å². The number of sulfonamides is 1. The van der Waals surface area contributed by atoms with Crippen LogP contribution < -0.4 is 10.0 Å². The van der Waals surface area contributed by atoms with Crippen LogP contribution in [0.1, 0.15) is 10.4 Å². The molecule has 108 valence electrons. The predicted octanol–water partition coefficient (Wildman–Crippen LogP) is 1.99. The summed E-state index contributed by atoms with van der Waals surface area (Å²) >= 11 is 7.47. The lowest BCUT2D eigenvalue weighted by Gasteiger charge is -2.08. The van der Waals surface area contributed by atoms with Crippen LogP contribution in [0, 0.1) is 0 Å². The molecule has 8 heteroatoms. The third kappa shape index (κ3) is 3.77. The Morgan fingerprint density at radius 2 is 2.15 bits per heavy atom. The molecule has 1 aromatic carbocycles. The average molecular weight is 332 g/mol. The molecule has 0 fully saturated rings. The molecule has 0 spiro atoms. The lowest BCUT2D eigenvalue weighted by molar-refractivity contribution is 0.581. The summed E-state index contributed by atoms with van der Waals surface area (Å²) in [4.78, 5) is 4.91. The van der Waals surface area contributed by atoms with Gasteiger partial charge in [-0.1, -0.05) is 17.7 Å². The van der Waals surface area contributed by atoms with Crippen molar-refractivity contribution in [3.63, 3.8) is 0 Å². The smallest absolute Gasteiger partial charge is 0.240 e. The van der Waals surface area contributed by atoms with Gasteiger partial charge in [0.15, 0.2) is 0 Å². The summed E-state index contributed by atoms with van der Waals surface area (Å²) in [5.74, 6) is 0. The minimum Gasteiger partial charge on any atom is -0.316 e. The fourth-order valence-electron chi connectivity index (χ4n) is 1.61. The van der Waals surface area contributed by atoms with Gasteiger partial charge in [-0.05, 0) is 24.7 Å². The predicted molar refractivity (Wildman–Crippen MR) is 80.4 cm³/mol. The van der Waals surface area contributed by atoms with Crippen LogP contribution in [0.25, 0.3) is 0 Å². The molecule has 0 saturated carbocycles. The maximum absolute atomic E-state index is 12.1. The lowest BCUT2D eigenvalue weighted by atomic mass is 10.2. The molecule has 1 heterocycles. The molecular weight excluding hydrogens is 318 g/mol. The highest BCUT2D eigenvalue weighted by Gasteiger charge is 2.15. The number of thiazole rings is 1. The first-order chi connectivity index (χ1) is 9.53. The summed E-state index contributed by atoms with van der Waals surface area (Å²) < 4.78 is 26.8. The van der Waals surface area contributed by atoms with E-state index in [1.807, 2.05) is 0 Å². The van der Waals surface area contributed by atoms with Crippen LogP contribution in [0.5, 0.6) is 0 Å². The van der Waals surface area contributed by atoms with Gasteiger partial charge in [0.2, 0.25) is 10.0 Å². The molecule has 2 rings (SSSR count). The molecule has 1 aromatic heterocycles. The monoisotopic (exact) mass is 331 g/mol. The van der Waals surface area contributed by atoms with Crippen molar-refractivity contribution >= 4 is 33.0 Å². The maximum atomic E-state index is 12.1. The van der Waals surface area contributed by atoms with E-state index in [-0.39, 0.29) is 11.4 Å². The summed E-state index contributed by atoms with van der Waals surface area (Å²) in [6, 6.07) is 4.72. The molecule has 20 heavy (non-hydrogen) atoms. The quantitative estimate of drug-likeness (QED) is 0.849. The number of halogens is 1. The molecule has 5 nitrogen and oxygen atoms in total. The second-order valence-electron chi connectivity index (χ2n) is 4.08. The highest BCUT2D eigenvalue weighted by molar-refractivity contribution is 7.89. The summed E-state index contributed by atoms with van der Waals surface area (Å²) in [5, 5.41) is 3.40. The molecule has 0 saturated heterocycles. The van der Waals surface area contributed by atoms with E-state index in [0.717, 1.165) is 10.4 Å². The van der Waals surface area contributed by atoms with E-state index in [1.165, 1.54) is 17.4 Å². The van der Waals surface area contributed by atoms with Gasteiger partial charge >= 0.3 is 0 Å². The van der Waals surface area contributed by atoms with Crippen LogP contribution in [0.3, 0.4) is 0 Å². The summed E-state index contributed by atoms with van der Waals surface area (Å²) in [7, 11) is -1.76. The Bertz CT molecular complexity index is 672.